The first-order valence-electron chi connectivity index (χ1n) is 9.43. The largest absolute Gasteiger partial charge is 0.379 e. The van der Waals surface area contributed by atoms with Crippen molar-refractivity contribution in [3.05, 3.63) is 47.5 Å². The predicted molar refractivity (Wildman–Crippen MR) is 121 cm³/mol. The fraction of sp³-hybridized carbons (Fsp3) is 0.300. The van der Waals surface area contributed by atoms with Gasteiger partial charge >= 0.3 is 0 Å². The molecule has 0 atom stereocenters. The van der Waals surface area contributed by atoms with Crippen molar-refractivity contribution in [2.45, 2.75) is 16.7 Å². The first kappa shape index (κ1) is 23.6. The number of carbonyl (C=O) groups excluding carboxylic acids is 2. The Morgan fingerprint density at radius 2 is 1.71 bits per heavy atom. The number of morpholine rings is 1. The summed E-state index contributed by atoms with van der Waals surface area (Å²) in [6.07, 6.45) is 0. The highest BCUT2D eigenvalue weighted by molar-refractivity contribution is 8.00. The van der Waals surface area contributed by atoms with Crippen molar-refractivity contribution in [3.63, 3.8) is 0 Å². The molecule has 1 fully saturated rings. The third-order valence-electron chi connectivity index (χ3n) is 4.35. The average Bonchev–Trinajstić information content (AvgIpc) is 2.75. The molecule has 166 valence electrons. The van der Waals surface area contributed by atoms with E-state index in [1.165, 1.54) is 35.1 Å². The van der Waals surface area contributed by atoms with Gasteiger partial charge in [0.05, 0.1) is 24.0 Å². The first-order chi connectivity index (χ1) is 14.8. The van der Waals surface area contributed by atoms with Crippen LogP contribution in [0.4, 0.5) is 11.4 Å². The lowest BCUT2D eigenvalue weighted by Gasteiger charge is -2.26. The average molecular weight is 484 g/mol. The van der Waals surface area contributed by atoms with Crippen molar-refractivity contribution in [2.75, 3.05) is 42.7 Å². The van der Waals surface area contributed by atoms with E-state index < -0.39 is 10.0 Å². The maximum Gasteiger partial charge on any atom is 0.244 e. The second-order valence-electron chi connectivity index (χ2n) is 6.70. The third kappa shape index (κ3) is 6.44. The Bertz CT molecular complexity index is 1050. The molecule has 31 heavy (non-hydrogen) atoms. The number of amides is 2. The van der Waals surface area contributed by atoms with E-state index in [0.717, 1.165) is 4.90 Å². The molecule has 1 heterocycles. The van der Waals surface area contributed by atoms with Crippen molar-refractivity contribution in [1.82, 2.24) is 4.31 Å². The predicted octanol–water partition coefficient (Wildman–Crippen LogP) is 3.05. The number of carbonyl (C=O) groups is 2. The summed E-state index contributed by atoms with van der Waals surface area (Å²) in [4.78, 5) is 24.2. The molecule has 2 aromatic carbocycles. The minimum atomic E-state index is -3.78. The second-order valence-corrected chi connectivity index (χ2v) is 10.1. The molecule has 0 saturated carbocycles. The number of benzene rings is 2. The van der Waals surface area contributed by atoms with Gasteiger partial charge in [-0.2, -0.15) is 4.31 Å². The minimum absolute atomic E-state index is 0.0462. The van der Waals surface area contributed by atoms with Crippen molar-refractivity contribution in [3.8, 4) is 0 Å². The monoisotopic (exact) mass is 483 g/mol. The van der Waals surface area contributed by atoms with Crippen LogP contribution in [0.25, 0.3) is 0 Å². The van der Waals surface area contributed by atoms with Crippen molar-refractivity contribution >= 4 is 56.6 Å². The molecule has 11 heteroatoms. The molecule has 1 aliphatic heterocycles. The van der Waals surface area contributed by atoms with Gasteiger partial charge in [-0.1, -0.05) is 11.6 Å². The second kappa shape index (κ2) is 10.5. The number of rotatable bonds is 7. The Morgan fingerprint density at radius 1 is 1.06 bits per heavy atom. The van der Waals surface area contributed by atoms with E-state index in [4.69, 9.17) is 16.3 Å². The van der Waals surface area contributed by atoms with Gasteiger partial charge in [-0.15, -0.1) is 11.8 Å². The summed E-state index contributed by atoms with van der Waals surface area (Å²) in [5.41, 5.74) is 1.03. The Hall–Kier alpha value is -2.11. The molecule has 0 spiro atoms. The van der Waals surface area contributed by atoms with Crippen molar-refractivity contribution in [1.29, 1.82) is 0 Å². The quantitative estimate of drug-likeness (QED) is 0.586. The number of nitrogens with one attached hydrogen (secondary N) is 2. The van der Waals surface area contributed by atoms with Gasteiger partial charge in [-0.3, -0.25) is 9.59 Å². The number of halogens is 1. The lowest BCUT2D eigenvalue weighted by atomic mass is 10.3. The summed E-state index contributed by atoms with van der Waals surface area (Å²) in [5, 5.41) is 5.48. The van der Waals surface area contributed by atoms with E-state index in [2.05, 4.69) is 10.6 Å². The lowest BCUT2D eigenvalue weighted by Crippen LogP contribution is -2.40. The summed E-state index contributed by atoms with van der Waals surface area (Å²) in [7, 11) is -3.78. The SMILES string of the molecule is CC(=O)Nc1ccc(SCC(=O)Nc2ccc(Cl)c(S(=O)(=O)N3CCOCC3)c2)cc1. The van der Waals surface area contributed by atoms with Gasteiger partial charge in [0, 0.05) is 36.3 Å². The molecule has 8 nitrogen and oxygen atoms in total. The molecule has 1 saturated heterocycles. The van der Waals surface area contributed by atoms with E-state index >= 15 is 0 Å². The van der Waals surface area contributed by atoms with E-state index in [1.807, 2.05) is 0 Å². The van der Waals surface area contributed by atoms with Crippen LogP contribution in [0.2, 0.25) is 5.02 Å². The summed E-state index contributed by atoms with van der Waals surface area (Å²) >= 11 is 7.46. The van der Waals surface area contributed by atoms with Gasteiger partial charge in [0.15, 0.2) is 0 Å². The number of anilines is 2. The summed E-state index contributed by atoms with van der Waals surface area (Å²) in [6, 6.07) is 11.5. The van der Waals surface area contributed by atoms with Crippen LogP contribution in [0.3, 0.4) is 0 Å². The van der Waals surface area contributed by atoms with Crippen molar-refractivity contribution < 1.29 is 22.7 Å². The Morgan fingerprint density at radius 3 is 2.35 bits per heavy atom. The number of thioether (sulfide) groups is 1. The van der Waals surface area contributed by atoms with Crippen LogP contribution in [-0.2, 0) is 24.3 Å². The third-order valence-corrected chi connectivity index (χ3v) is 7.74. The van der Waals surface area contributed by atoms with E-state index in [0.29, 0.717) is 24.6 Å². The number of sulfonamides is 1. The number of hydrogen-bond acceptors (Lipinski definition) is 6. The van der Waals surface area contributed by atoms with Crippen LogP contribution in [0.15, 0.2) is 52.3 Å². The van der Waals surface area contributed by atoms with Gasteiger partial charge in [0.2, 0.25) is 21.8 Å². The maximum atomic E-state index is 12.9. The topological polar surface area (TPSA) is 105 Å². The minimum Gasteiger partial charge on any atom is -0.379 e. The van der Waals surface area contributed by atoms with E-state index in [1.54, 1.807) is 30.3 Å². The van der Waals surface area contributed by atoms with Crippen LogP contribution in [0, 0.1) is 0 Å². The molecule has 0 aliphatic carbocycles. The molecular weight excluding hydrogens is 462 g/mol. The fourth-order valence-corrected chi connectivity index (χ4v) is 5.50. The zero-order chi connectivity index (χ0) is 22.4. The van der Waals surface area contributed by atoms with Crippen LogP contribution in [-0.4, -0.2) is 56.6 Å². The number of ether oxygens (including phenoxy) is 1. The fourth-order valence-electron chi connectivity index (χ4n) is 2.89. The highest BCUT2D eigenvalue weighted by Gasteiger charge is 2.28. The molecular formula is C20H22ClN3O5S2. The normalized spacial score (nSPS) is 14.8. The smallest absolute Gasteiger partial charge is 0.244 e. The Kier molecular flexibility index (Phi) is 7.95. The zero-order valence-electron chi connectivity index (χ0n) is 16.8. The Balaban J connectivity index is 1.62. The first-order valence-corrected chi connectivity index (χ1v) is 12.2. The molecule has 0 bridgehead atoms. The van der Waals surface area contributed by atoms with Gasteiger partial charge in [0.1, 0.15) is 4.90 Å². The summed E-state index contributed by atoms with van der Waals surface area (Å²) < 4.78 is 32.3. The molecule has 0 aromatic heterocycles. The molecule has 2 N–H and O–H groups in total. The number of nitrogens with zero attached hydrogens (tertiary/aromatic N) is 1. The molecule has 0 radical (unpaired) electrons. The summed E-state index contributed by atoms with van der Waals surface area (Å²) in [5.74, 6) is -0.307. The van der Waals surface area contributed by atoms with Crippen LogP contribution < -0.4 is 10.6 Å². The highest BCUT2D eigenvalue weighted by Crippen LogP contribution is 2.28. The van der Waals surface area contributed by atoms with Gasteiger partial charge in [0.25, 0.3) is 0 Å². The van der Waals surface area contributed by atoms with Crippen LogP contribution in [0.5, 0.6) is 0 Å². The lowest BCUT2D eigenvalue weighted by molar-refractivity contribution is -0.114. The number of hydrogen-bond donors (Lipinski definition) is 2. The standard InChI is InChI=1S/C20H22ClN3O5S2/c1-14(25)22-15-2-5-17(6-3-15)30-13-20(26)23-16-4-7-18(21)19(12-16)31(27,28)24-8-10-29-11-9-24/h2-7,12H,8-11,13H2,1H3,(H,22,25)(H,23,26). The van der Waals surface area contributed by atoms with E-state index in [-0.39, 0.29) is 40.6 Å². The van der Waals surface area contributed by atoms with Gasteiger partial charge < -0.3 is 15.4 Å². The van der Waals surface area contributed by atoms with E-state index in [9.17, 15) is 18.0 Å². The molecule has 2 amide bonds. The molecule has 3 rings (SSSR count). The molecule has 1 aliphatic rings. The summed E-state index contributed by atoms with van der Waals surface area (Å²) in [6.45, 7) is 2.60. The van der Waals surface area contributed by atoms with Gasteiger partial charge in [-0.25, -0.2) is 8.42 Å². The molecule has 2 aromatic rings. The molecule has 0 unspecified atom stereocenters. The maximum absolute atomic E-state index is 12.9. The highest BCUT2D eigenvalue weighted by atomic mass is 35.5. The van der Waals surface area contributed by atoms with Crippen LogP contribution >= 0.6 is 23.4 Å². The van der Waals surface area contributed by atoms with Gasteiger partial charge in [-0.05, 0) is 42.5 Å². The van der Waals surface area contributed by atoms with Crippen LogP contribution in [0.1, 0.15) is 6.92 Å². The Labute approximate surface area is 190 Å². The zero-order valence-corrected chi connectivity index (χ0v) is 19.1. The van der Waals surface area contributed by atoms with Crippen molar-refractivity contribution in [2.24, 2.45) is 0 Å².